The van der Waals surface area contributed by atoms with Crippen molar-refractivity contribution in [1.29, 1.82) is 0 Å². The maximum absolute atomic E-state index is 13.3. The molecule has 0 aliphatic carbocycles. The lowest BCUT2D eigenvalue weighted by molar-refractivity contribution is -0.133. The third-order valence-corrected chi connectivity index (χ3v) is 6.09. The molecule has 4 rings (SSSR count). The number of hydrogen-bond donors (Lipinski definition) is 3. The van der Waals surface area contributed by atoms with Gasteiger partial charge in [-0.25, -0.2) is 9.18 Å². The molecule has 8 nitrogen and oxygen atoms in total. The zero-order valence-electron chi connectivity index (χ0n) is 19.7. The molecule has 0 bridgehead atoms. The van der Waals surface area contributed by atoms with Crippen molar-refractivity contribution in [2.24, 2.45) is 0 Å². The molecule has 1 fully saturated rings. The van der Waals surface area contributed by atoms with Gasteiger partial charge in [0.15, 0.2) is 0 Å². The van der Waals surface area contributed by atoms with Gasteiger partial charge in [-0.15, -0.1) is 0 Å². The second kappa shape index (κ2) is 9.99. The van der Waals surface area contributed by atoms with Crippen LogP contribution in [0, 0.1) is 5.82 Å². The SMILES string of the molecule is C[C@@H](NC(=O)c1ccccc1NC(=O)CN1C(=O)N[C@@](C)(c2ccc(F)cc2)C1=O)c1ccccc1. The standard InChI is InChI=1S/C27H25FN4O4/c1-17(18-8-4-3-5-9-18)29-24(34)21-10-6-7-11-22(21)30-23(33)16-32-25(35)27(2,31-26(32)36)19-12-14-20(28)15-13-19/h3-15,17H,16H2,1-2H3,(H,29,34)(H,30,33)(H,31,36)/t17-,27+/m1/s1. The van der Waals surface area contributed by atoms with Gasteiger partial charge in [0.1, 0.15) is 17.9 Å². The molecule has 9 heteroatoms. The molecule has 0 saturated carbocycles. The van der Waals surface area contributed by atoms with Crippen LogP contribution in [-0.2, 0) is 15.1 Å². The Bertz CT molecular complexity index is 1310. The molecule has 0 unspecified atom stereocenters. The highest BCUT2D eigenvalue weighted by atomic mass is 19.1. The monoisotopic (exact) mass is 488 g/mol. The Morgan fingerprint density at radius 1 is 0.972 bits per heavy atom. The van der Waals surface area contributed by atoms with Crippen LogP contribution in [0.3, 0.4) is 0 Å². The highest BCUT2D eigenvalue weighted by Crippen LogP contribution is 2.29. The number of para-hydroxylation sites is 1. The van der Waals surface area contributed by atoms with Crippen LogP contribution in [0.2, 0.25) is 0 Å². The Morgan fingerprint density at radius 3 is 2.31 bits per heavy atom. The minimum Gasteiger partial charge on any atom is -0.345 e. The number of nitrogens with zero attached hydrogens (tertiary/aromatic N) is 1. The van der Waals surface area contributed by atoms with Crippen molar-refractivity contribution in [2.45, 2.75) is 25.4 Å². The fourth-order valence-corrected chi connectivity index (χ4v) is 4.04. The number of benzene rings is 3. The molecule has 3 aromatic rings. The van der Waals surface area contributed by atoms with E-state index in [1.165, 1.54) is 31.2 Å². The average molecular weight is 489 g/mol. The summed E-state index contributed by atoms with van der Waals surface area (Å²) in [5.74, 6) is -2.16. The second-order valence-electron chi connectivity index (χ2n) is 8.65. The van der Waals surface area contributed by atoms with Gasteiger partial charge >= 0.3 is 6.03 Å². The van der Waals surface area contributed by atoms with Gasteiger partial charge in [-0.05, 0) is 49.2 Å². The van der Waals surface area contributed by atoms with E-state index in [9.17, 15) is 23.6 Å². The lowest BCUT2D eigenvalue weighted by Gasteiger charge is -2.22. The van der Waals surface area contributed by atoms with Crippen LogP contribution in [0.5, 0.6) is 0 Å². The molecular formula is C27H25FN4O4. The van der Waals surface area contributed by atoms with Gasteiger partial charge in [0.05, 0.1) is 17.3 Å². The van der Waals surface area contributed by atoms with Gasteiger partial charge in [-0.2, -0.15) is 0 Å². The first kappa shape index (κ1) is 24.6. The van der Waals surface area contributed by atoms with E-state index < -0.39 is 35.7 Å². The number of urea groups is 1. The van der Waals surface area contributed by atoms with Gasteiger partial charge in [-0.1, -0.05) is 54.6 Å². The normalized spacial score (nSPS) is 17.9. The highest BCUT2D eigenvalue weighted by molar-refractivity contribution is 6.11. The number of halogens is 1. The Balaban J connectivity index is 1.45. The summed E-state index contributed by atoms with van der Waals surface area (Å²) in [6, 6.07) is 20.1. The van der Waals surface area contributed by atoms with E-state index in [0.29, 0.717) is 5.56 Å². The van der Waals surface area contributed by atoms with Crippen molar-refractivity contribution in [1.82, 2.24) is 15.5 Å². The molecule has 5 amide bonds. The average Bonchev–Trinajstić information content (AvgIpc) is 3.08. The first-order valence-electron chi connectivity index (χ1n) is 11.3. The Hall–Kier alpha value is -4.53. The number of rotatable bonds is 7. The smallest absolute Gasteiger partial charge is 0.325 e. The molecule has 0 aromatic heterocycles. The van der Waals surface area contributed by atoms with Crippen LogP contribution < -0.4 is 16.0 Å². The Kier molecular flexibility index (Phi) is 6.82. The van der Waals surface area contributed by atoms with Gasteiger partial charge in [-0.3, -0.25) is 19.3 Å². The van der Waals surface area contributed by atoms with E-state index in [2.05, 4.69) is 16.0 Å². The predicted molar refractivity (Wildman–Crippen MR) is 131 cm³/mol. The number of carbonyl (C=O) groups is 4. The van der Waals surface area contributed by atoms with Gasteiger partial charge in [0.2, 0.25) is 5.91 Å². The zero-order valence-corrected chi connectivity index (χ0v) is 19.7. The molecule has 0 radical (unpaired) electrons. The lowest BCUT2D eigenvalue weighted by atomic mass is 9.92. The first-order chi connectivity index (χ1) is 17.2. The fourth-order valence-electron chi connectivity index (χ4n) is 4.04. The fraction of sp³-hybridized carbons (Fsp3) is 0.185. The topological polar surface area (TPSA) is 108 Å². The van der Waals surface area contributed by atoms with E-state index in [-0.39, 0.29) is 23.2 Å². The van der Waals surface area contributed by atoms with Crippen molar-refractivity contribution >= 4 is 29.4 Å². The van der Waals surface area contributed by atoms with Crippen LogP contribution in [0.4, 0.5) is 14.9 Å². The minimum atomic E-state index is -1.43. The Labute approximate surface area is 207 Å². The molecule has 36 heavy (non-hydrogen) atoms. The molecule has 0 spiro atoms. The quantitative estimate of drug-likeness (QED) is 0.441. The molecular weight excluding hydrogens is 463 g/mol. The minimum absolute atomic E-state index is 0.238. The molecule has 1 aliphatic heterocycles. The second-order valence-corrected chi connectivity index (χ2v) is 8.65. The number of carbonyl (C=O) groups excluding carboxylic acids is 4. The molecule has 184 valence electrons. The molecule has 1 heterocycles. The van der Waals surface area contributed by atoms with Crippen molar-refractivity contribution in [2.75, 3.05) is 11.9 Å². The third-order valence-electron chi connectivity index (χ3n) is 6.09. The summed E-state index contributed by atoms with van der Waals surface area (Å²) in [5, 5.41) is 8.10. The van der Waals surface area contributed by atoms with Crippen LogP contribution in [0.15, 0.2) is 78.9 Å². The van der Waals surface area contributed by atoms with E-state index in [1.54, 1.807) is 24.3 Å². The molecule has 3 N–H and O–H groups in total. The number of imide groups is 1. The van der Waals surface area contributed by atoms with Crippen molar-refractivity contribution in [3.63, 3.8) is 0 Å². The van der Waals surface area contributed by atoms with Crippen LogP contribution in [0.25, 0.3) is 0 Å². The maximum atomic E-state index is 13.3. The molecule has 1 saturated heterocycles. The van der Waals surface area contributed by atoms with E-state index >= 15 is 0 Å². The number of anilines is 1. The van der Waals surface area contributed by atoms with Crippen LogP contribution >= 0.6 is 0 Å². The van der Waals surface area contributed by atoms with Gasteiger partial charge in [0, 0.05) is 0 Å². The van der Waals surface area contributed by atoms with Gasteiger partial charge < -0.3 is 16.0 Å². The summed E-state index contributed by atoms with van der Waals surface area (Å²) < 4.78 is 13.3. The number of amides is 5. The Morgan fingerprint density at radius 2 is 1.61 bits per heavy atom. The third kappa shape index (κ3) is 4.95. The number of hydrogen-bond acceptors (Lipinski definition) is 4. The molecule has 2 atom stereocenters. The molecule has 1 aliphatic rings. The summed E-state index contributed by atoms with van der Waals surface area (Å²) in [5.41, 5.74) is 0.363. The number of nitrogens with one attached hydrogen (secondary N) is 3. The lowest BCUT2D eigenvalue weighted by Crippen LogP contribution is -2.42. The maximum Gasteiger partial charge on any atom is 0.325 e. The van der Waals surface area contributed by atoms with Crippen LogP contribution in [0.1, 0.15) is 41.4 Å². The van der Waals surface area contributed by atoms with Crippen molar-refractivity contribution in [3.05, 3.63) is 101 Å². The highest BCUT2D eigenvalue weighted by Gasteiger charge is 2.49. The zero-order chi connectivity index (χ0) is 25.9. The van der Waals surface area contributed by atoms with E-state index in [4.69, 9.17) is 0 Å². The molecule has 3 aromatic carbocycles. The summed E-state index contributed by atoms with van der Waals surface area (Å²) in [6.45, 7) is 2.79. The van der Waals surface area contributed by atoms with Crippen molar-refractivity contribution in [3.8, 4) is 0 Å². The predicted octanol–water partition coefficient (Wildman–Crippen LogP) is 3.72. The van der Waals surface area contributed by atoms with Crippen LogP contribution in [-0.4, -0.2) is 35.2 Å². The largest absolute Gasteiger partial charge is 0.345 e. The summed E-state index contributed by atoms with van der Waals surface area (Å²) in [4.78, 5) is 52.1. The summed E-state index contributed by atoms with van der Waals surface area (Å²) in [6.07, 6.45) is 0. The van der Waals surface area contributed by atoms with Crippen molar-refractivity contribution < 1.29 is 23.6 Å². The summed E-state index contributed by atoms with van der Waals surface area (Å²) >= 11 is 0. The summed E-state index contributed by atoms with van der Waals surface area (Å²) in [7, 11) is 0. The first-order valence-corrected chi connectivity index (χ1v) is 11.3. The van der Waals surface area contributed by atoms with E-state index in [1.807, 2.05) is 37.3 Å². The van der Waals surface area contributed by atoms with E-state index in [0.717, 1.165) is 10.5 Å². The van der Waals surface area contributed by atoms with Gasteiger partial charge in [0.25, 0.3) is 11.8 Å².